The maximum absolute atomic E-state index is 15.1. The van der Waals surface area contributed by atoms with E-state index in [0.717, 1.165) is 40.0 Å². The largest absolute Gasteiger partial charge is 0.431 e. The Kier molecular flexibility index (Phi) is 6.74. The highest BCUT2D eigenvalue weighted by Crippen LogP contribution is 2.43. The molecule has 0 amide bonds. The number of nitrogens with zero attached hydrogens (tertiary/aromatic N) is 5. The van der Waals surface area contributed by atoms with Crippen LogP contribution in [-0.2, 0) is 6.54 Å². The fourth-order valence-corrected chi connectivity index (χ4v) is 5.51. The zero-order valence-corrected chi connectivity index (χ0v) is 19.8. The molecule has 3 heterocycles. The molecule has 5 rings (SSSR count). The van der Waals surface area contributed by atoms with Gasteiger partial charge in [-0.2, -0.15) is 13.2 Å². The molecule has 11 heteroatoms. The number of alkyl halides is 3. The predicted molar refractivity (Wildman–Crippen MR) is 129 cm³/mol. The number of benzene rings is 2. The molecular formula is C25H22F5N5S. The molecule has 0 aliphatic carbocycles. The van der Waals surface area contributed by atoms with E-state index >= 15 is 8.78 Å². The highest BCUT2D eigenvalue weighted by atomic mass is 32.2. The van der Waals surface area contributed by atoms with Crippen LogP contribution in [0.15, 0.2) is 73.0 Å². The summed E-state index contributed by atoms with van der Waals surface area (Å²) < 4.78 is 74.2. The van der Waals surface area contributed by atoms with E-state index in [0.29, 0.717) is 30.8 Å². The standard InChI is InChI=1S/C25H22F5N5S/c26-20-13-22(33-10-8-19(9-11-33)34-15-31-32-16-34)21(27)12-18(20)14-35-24(25(28,29)30)7-6-23(36-35)17-4-2-1-3-5-17/h1-7,12-13,15-16,19H,8-11,14H2. The van der Waals surface area contributed by atoms with Crippen LogP contribution < -0.4 is 4.90 Å². The van der Waals surface area contributed by atoms with Crippen molar-refractivity contribution < 1.29 is 22.0 Å². The van der Waals surface area contributed by atoms with Crippen LogP contribution in [0.2, 0.25) is 0 Å². The predicted octanol–water partition coefficient (Wildman–Crippen LogP) is 6.35. The number of aromatic nitrogens is 3. The van der Waals surface area contributed by atoms with Gasteiger partial charge in [-0.25, -0.2) is 8.78 Å². The van der Waals surface area contributed by atoms with Crippen molar-refractivity contribution in [3.8, 4) is 0 Å². The Balaban J connectivity index is 1.34. The molecule has 2 aliphatic heterocycles. The molecule has 1 fully saturated rings. The van der Waals surface area contributed by atoms with Crippen LogP contribution in [0.5, 0.6) is 0 Å². The summed E-state index contributed by atoms with van der Waals surface area (Å²) in [5.41, 5.74) is -0.220. The van der Waals surface area contributed by atoms with Gasteiger partial charge in [-0.3, -0.25) is 0 Å². The van der Waals surface area contributed by atoms with Crippen molar-refractivity contribution in [2.45, 2.75) is 31.6 Å². The van der Waals surface area contributed by atoms with Gasteiger partial charge < -0.3 is 13.8 Å². The Morgan fingerprint density at radius 2 is 1.61 bits per heavy atom. The van der Waals surface area contributed by atoms with E-state index in [-0.39, 0.29) is 17.3 Å². The fourth-order valence-electron chi connectivity index (χ4n) is 4.44. The number of piperidine rings is 1. The van der Waals surface area contributed by atoms with Gasteiger partial charge in [-0.1, -0.05) is 30.3 Å². The Morgan fingerprint density at radius 1 is 0.917 bits per heavy atom. The molecule has 36 heavy (non-hydrogen) atoms. The van der Waals surface area contributed by atoms with Crippen LogP contribution in [0.4, 0.5) is 27.6 Å². The van der Waals surface area contributed by atoms with E-state index in [1.54, 1.807) is 41.8 Å². The summed E-state index contributed by atoms with van der Waals surface area (Å²) >= 11 is 0.854. The summed E-state index contributed by atoms with van der Waals surface area (Å²) in [6.45, 7) is 0.568. The molecule has 0 atom stereocenters. The van der Waals surface area contributed by atoms with Gasteiger partial charge in [-0.05, 0) is 48.6 Å². The summed E-state index contributed by atoms with van der Waals surface area (Å²) in [4.78, 5) is 2.34. The van der Waals surface area contributed by atoms with Gasteiger partial charge in [0.05, 0.1) is 12.2 Å². The van der Waals surface area contributed by atoms with Crippen LogP contribution >= 0.6 is 11.9 Å². The highest BCUT2D eigenvalue weighted by molar-refractivity contribution is 8.06. The molecule has 3 aromatic rings. The first kappa shape index (κ1) is 24.4. The van der Waals surface area contributed by atoms with Gasteiger partial charge in [0.2, 0.25) is 0 Å². The Labute approximate surface area is 209 Å². The van der Waals surface area contributed by atoms with E-state index in [1.165, 1.54) is 6.08 Å². The lowest BCUT2D eigenvalue weighted by molar-refractivity contribution is -0.104. The number of allylic oxidation sites excluding steroid dienone is 3. The molecule has 1 saturated heterocycles. The molecular weight excluding hydrogens is 497 g/mol. The smallest absolute Gasteiger partial charge is 0.369 e. The van der Waals surface area contributed by atoms with Crippen molar-refractivity contribution in [1.29, 1.82) is 0 Å². The minimum absolute atomic E-state index is 0.112. The average molecular weight is 520 g/mol. The highest BCUT2D eigenvalue weighted by Gasteiger charge is 2.40. The van der Waals surface area contributed by atoms with E-state index in [9.17, 15) is 13.2 Å². The molecule has 0 radical (unpaired) electrons. The number of anilines is 1. The van der Waals surface area contributed by atoms with Gasteiger partial charge in [0.25, 0.3) is 0 Å². The number of halogens is 5. The van der Waals surface area contributed by atoms with Crippen molar-refractivity contribution in [1.82, 2.24) is 19.1 Å². The molecule has 2 aliphatic rings. The lowest BCUT2D eigenvalue weighted by atomic mass is 10.0. The van der Waals surface area contributed by atoms with Gasteiger partial charge in [0.15, 0.2) is 0 Å². The van der Waals surface area contributed by atoms with Gasteiger partial charge in [-0.15, -0.1) is 10.2 Å². The van der Waals surface area contributed by atoms with Crippen LogP contribution in [0.25, 0.3) is 4.91 Å². The van der Waals surface area contributed by atoms with E-state index in [4.69, 9.17) is 0 Å². The summed E-state index contributed by atoms with van der Waals surface area (Å²) in [5.74, 6) is -1.40. The van der Waals surface area contributed by atoms with E-state index < -0.39 is 30.1 Å². The Hall–Kier alpha value is -3.34. The fraction of sp³-hybridized carbons (Fsp3) is 0.280. The van der Waals surface area contributed by atoms with Crippen LogP contribution in [0, 0.1) is 11.6 Å². The second-order valence-electron chi connectivity index (χ2n) is 8.60. The Bertz CT molecular complexity index is 1270. The maximum atomic E-state index is 15.1. The summed E-state index contributed by atoms with van der Waals surface area (Å²) in [6, 6.07) is 11.2. The second kappa shape index (κ2) is 9.96. The van der Waals surface area contributed by atoms with Gasteiger partial charge in [0, 0.05) is 35.7 Å². The van der Waals surface area contributed by atoms with Crippen LogP contribution in [0.3, 0.4) is 0 Å². The number of hydrogen-bond acceptors (Lipinski definition) is 5. The topological polar surface area (TPSA) is 37.2 Å². The molecule has 0 bridgehead atoms. The SMILES string of the molecule is Fc1cc(N2CCC(n3cnnc3)CC2)c(F)cc1CN1SC(c2ccccc2)=CC=C1C(F)(F)F. The van der Waals surface area contributed by atoms with Crippen molar-refractivity contribution in [2.75, 3.05) is 18.0 Å². The molecule has 5 nitrogen and oxygen atoms in total. The van der Waals surface area contributed by atoms with Crippen molar-refractivity contribution >= 4 is 22.5 Å². The number of hydrogen-bond donors (Lipinski definition) is 0. The summed E-state index contributed by atoms with van der Waals surface area (Å²) in [5, 5.41) is 7.61. The monoisotopic (exact) mass is 519 g/mol. The van der Waals surface area contributed by atoms with E-state index in [1.807, 2.05) is 10.6 Å². The lowest BCUT2D eigenvalue weighted by Crippen LogP contribution is -2.35. The Morgan fingerprint density at radius 3 is 2.28 bits per heavy atom. The average Bonchev–Trinajstić information content (AvgIpc) is 3.41. The minimum Gasteiger partial charge on any atom is -0.369 e. The molecule has 1 aromatic heterocycles. The molecule has 0 saturated carbocycles. The van der Waals surface area contributed by atoms with Gasteiger partial charge in [0.1, 0.15) is 30.0 Å². The lowest BCUT2D eigenvalue weighted by Gasteiger charge is -2.34. The third-order valence-electron chi connectivity index (χ3n) is 6.31. The third kappa shape index (κ3) is 5.11. The molecule has 0 unspecified atom stereocenters. The first-order valence-electron chi connectivity index (χ1n) is 11.4. The second-order valence-corrected chi connectivity index (χ2v) is 9.66. The normalized spacial score (nSPS) is 17.2. The first-order valence-corrected chi connectivity index (χ1v) is 12.1. The zero-order chi connectivity index (χ0) is 25.3. The van der Waals surface area contributed by atoms with E-state index in [2.05, 4.69) is 10.2 Å². The molecule has 188 valence electrons. The molecule has 0 spiro atoms. The maximum Gasteiger partial charge on any atom is 0.431 e. The third-order valence-corrected chi connectivity index (χ3v) is 7.43. The summed E-state index contributed by atoms with van der Waals surface area (Å²) in [6.07, 6.45) is 2.41. The van der Waals surface area contributed by atoms with Crippen LogP contribution in [0.1, 0.15) is 30.0 Å². The first-order chi connectivity index (χ1) is 17.3. The number of rotatable bonds is 5. The zero-order valence-electron chi connectivity index (χ0n) is 19.0. The van der Waals surface area contributed by atoms with Crippen molar-refractivity contribution in [3.05, 3.63) is 95.7 Å². The summed E-state index contributed by atoms with van der Waals surface area (Å²) in [7, 11) is 0. The molecule has 0 N–H and O–H groups in total. The van der Waals surface area contributed by atoms with Crippen molar-refractivity contribution in [2.24, 2.45) is 0 Å². The minimum atomic E-state index is -4.64. The van der Waals surface area contributed by atoms with Crippen LogP contribution in [-0.4, -0.2) is 38.3 Å². The quantitative estimate of drug-likeness (QED) is 0.290. The van der Waals surface area contributed by atoms with Crippen molar-refractivity contribution in [3.63, 3.8) is 0 Å². The molecule has 2 aromatic carbocycles. The van der Waals surface area contributed by atoms with Gasteiger partial charge >= 0.3 is 6.18 Å².